The number of ether oxygens (including phenoxy) is 1. The van der Waals surface area contributed by atoms with Crippen molar-refractivity contribution in [2.45, 2.75) is 13.0 Å². The lowest BCUT2D eigenvalue weighted by Gasteiger charge is -2.01. The van der Waals surface area contributed by atoms with Crippen LogP contribution in [0.3, 0.4) is 0 Å². The molecule has 0 aliphatic heterocycles. The molecule has 0 bridgehead atoms. The molecule has 1 atom stereocenters. The first kappa shape index (κ1) is 13.1. The highest BCUT2D eigenvalue weighted by molar-refractivity contribution is 6.30. The van der Waals surface area contributed by atoms with Crippen molar-refractivity contribution in [1.29, 1.82) is 5.26 Å². The van der Waals surface area contributed by atoms with E-state index in [-0.39, 0.29) is 6.61 Å². The van der Waals surface area contributed by atoms with E-state index in [0.717, 1.165) is 0 Å². The van der Waals surface area contributed by atoms with E-state index < -0.39 is 12.0 Å². The summed E-state index contributed by atoms with van der Waals surface area (Å²) in [6.07, 6.45) is 0. The highest BCUT2D eigenvalue weighted by Crippen LogP contribution is 2.17. The van der Waals surface area contributed by atoms with E-state index in [1.807, 2.05) is 0 Å². The van der Waals surface area contributed by atoms with Crippen LogP contribution in [0.1, 0.15) is 6.92 Å². The molecule has 0 saturated carbocycles. The van der Waals surface area contributed by atoms with Gasteiger partial charge in [0.25, 0.3) is 6.04 Å². The van der Waals surface area contributed by atoms with Gasteiger partial charge in [-0.25, -0.2) is 4.79 Å². The number of carbonyl (C=O) groups excluding carboxylic acids is 1. The Morgan fingerprint density at radius 3 is 2.71 bits per heavy atom. The SMILES string of the molecule is CCOC(=O)C(C#N)N=Nc1ccc(Cl)cc1. The first-order chi connectivity index (χ1) is 8.17. The van der Waals surface area contributed by atoms with Gasteiger partial charge < -0.3 is 4.74 Å². The summed E-state index contributed by atoms with van der Waals surface area (Å²) in [5.41, 5.74) is 0.513. The Labute approximate surface area is 104 Å². The Morgan fingerprint density at radius 2 is 2.18 bits per heavy atom. The van der Waals surface area contributed by atoms with Gasteiger partial charge >= 0.3 is 5.97 Å². The lowest BCUT2D eigenvalue weighted by Crippen LogP contribution is -2.19. The topological polar surface area (TPSA) is 74.8 Å². The largest absolute Gasteiger partial charge is 0.464 e. The molecular formula is C11H10ClN3O2. The molecule has 6 heteroatoms. The molecule has 0 spiro atoms. The number of hydrogen-bond acceptors (Lipinski definition) is 5. The van der Waals surface area contributed by atoms with Gasteiger partial charge in [-0.2, -0.15) is 15.5 Å². The minimum absolute atomic E-state index is 0.202. The highest BCUT2D eigenvalue weighted by atomic mass is 35.5. The van der Waals surface area contributed by atoms with E-state index in [1.54, 1.807) is 37.3 Å². The molecule has 1 aromatic carbocycles. The van der Waals surface area contributed by atoms with Crippen LogP contribution in [0, 0.1) is 11.3 Å². The van der Waals surface area contributed by atoms with Crippen molar-refractivity contribution < 1.29 is 9.53 Å². The van der Waals surface area contributed by atoms with Gasteiger partial charge in [0.15, 0.2) is 0 Å². The average molecular weight is 252 g/mol. The Bertz CT molecular complexity index is 451. The van der Waals surface area contributed by atoms with Crippen molar-refractivity contribution in [3.63, 3.8) is 0 Å². The van der Waals surface area contributed by atoms with Gasteiger partial charge in [0, 0.05) is 5.02 Å². The molecule has 0 aliphatic rings. The van der Waals surface area contributed by atoms with Crippen LogP contribution in [0.25, 0.3) is 0 Å². The predicted octanol–water partition coefficient (Wildman–Crippen LogP) is 2.88. The molecule has 0 aromatic heterocycles. The Balaban J connectivity index is 2.71. The first-order valence-corrected chi connectivity index (χ1v) is 5.28. The molecular weight excluding hydrogens is 242 g/mol. The zero-order valence-corrected chi connectivity index (χ0v) is 9.89. The van der Waals surface area contributed by atoms with E-state index >= 15 is 0 Å². The molecule has 0 aliphatic carbocycles. The summed E-state index contributed by atoms with van der Waals surface area (Å²) in [7, 11) is 0. The van der Waals surface area contributed by atoms with Crippen LogP contribution in [-0.4, -0.2) is 18.6 Å². The third-order valence-corrected chi connectivity index (χ3v) is 2.00. The Kier molecular flexibility index (Phi) is 5.11. The van der Waals surface area contributed by atoms with E-state index in [1.165, 1.54) is 0 Å². The molecule has 1 rings (SSSR count). The molecule has 0 radical (unpaired) electrons. The van der Waals surface area contributed by atoms with Crippen LogP contribution < -0.4 is 0 Å². The summed E-state index contributed by atoms with van der Waals surface area (Å²) in [6.45, 7) is 1.86. The molecule has 1 aromatic rings. The maximum Gasteiger partial charge on any atom is 0.347 e. The molecule has 1 unspecified atom stereocenters. The van der Waals surface area contributed by atoms with E-state index in [2.05, 4.69) is 15.0 Å². The number of hydrogen-bond donors (Lipinski definition) is 0. The zero-order chi connectivity index (χ0) is 12.7. The molecule has 0 heterocycles. The number of carbonyl (C=O) groups is 1. The molecule has 88 valence electrons. The summed E-state index contributed by atoms with van der Waals surface area (Å²) in [5, 5.41) is 16.7. The summed E-state index contributed by atoms with van der Waals surface area (Å²) >= 11 is 5.69. The van der Waals surface area contributed by atoms with Gasteiger partial charge in [0.2, 0.25) is 0 Å². The summed E-state index contributed by atoms with van der Waals surface area (Å²) in [6, 6.07) is 7.02. The van der Waals surface area contributed by atoms with E-state index in [0.29, 0.717) is 10.7 Å². The number of rotatable bonds is 4. The maximum absolute atomic E-state index is 11.2. The maximum atomic E-state index is 11.2. The van der Waals surface area contributed by atoms with Crippen molar-refractivity contribution in [3.8, 4) is 6.07 Å². The fourth-order valence-corrected chi connectivity index (χ4v) is 1.11. The number of esters is 1. The number of azo groups is 1. The quantitative estimate of drug-likeness (QED) is 0.610. The lowest BCUT2D eigenvalue weighted by molar-refractivity contribution is -0.143. The summed E-state index contributed by atoms with van der Waals surface area (Å²) in [4.78, 5) is 11.2. The second-order valence-electron chi connectivity index (χ2n) is 2.98. The van der Waals surface area contributed by atoms with Crippen molar-refractivity contribution in [2.75, 3.05) is 6.61 Å². The highest BCUT2D eigenvalue weighted by Gasteiger charge is 2.17. The van der Waals surface area contributed by atoms with Crippen LogP contribution in [0.4, 0.5) is 5.69 Å². The first-order valence-electron chi connectivity index (χ1n) is 4.90. The van der Waals surface area contributed by atoms with Crippen molar-refractivity contribution >= 4 is 23.3 Å². The molecule has 17 heavy (non-hydrogen) atoms. The Hall–Kier alpha value is -1.93. The minimum atomic E-state index is -1.23. The lowest BCUT2D eigenvalue weighted by atomic mass is 10.3. The summed E-state index contributed by atoms with van der Waals surface area (Å²) < 4.78 is 4.67. The molecule has 0 N–H and O–H groups in total. The van der Waals surface area contributed by atoms with Crippen LogP contribution in [0.15, 0.2) is 34.5 Å². The summed E-state index contributed by atoms with van der Waals surface area (Å²) in [5.74, 6) is -0.701. The van der Waals surface area contributed by atoms with Crippen LogP contribution >= 0.6 is 11.6 Å². The average Bonchev–Trinajstić information content (AvgIpc) is 2.32. The van der Waals surface area contributed by atoms with Gasteiger partial charge in [0.1, 0.15) is 6.07 Å². The van der Waals surface area contributed by atoms with E-state index in [4.69, 9.17) is 16.9 Å². The normalized spacial score (nSPS) is 12.1. The molecule has 0 amide bonds. The van der Waals surface area contributed by atoms with Gasteiger partial charge in [-0.1, -0.05) is 11.6 Å². The third-order valence-electron chi connectivity index (χ3n) is 1.75. The Morgan fingerprint density at radius 1 is 1.53 bits per heavy atom. The van der Waals surface area contributed by atoms with Crippen LogP contribution in [-0.2, 0) is 9.53 Å². The van der Waals surface area contributed by atoms with E-state index in [9.17, 15) is 4.79 Å². The monoisotopic (exact) mass is 251 g/mol. The zero-order valence-electron chi connectivity index (χ0n) is 9.13. The fourth-order valence-electron chi connectivity index (χ4n) is 0.979. The minimum Gasteiger partial charge on any atom is -0.464 e. The van der Waals surface area contributed by atoms with Gasteiger partial charge in [0.05, 0.1) is 12.3 Å². The fraction of sp³-hybridized carbons (Fsp3) is 0.273. The molecule has 5 nitrogen and oxygen atoms in total. The molecule has 0 fully saturated rings. The van der Waals surface area contributed by atoms with Crippen LogP contribution in [0.5, 0.6) is 0 Å². The number of benzene rings is 1. The van der Waals surface area contributed by atoms with Gasteiger partial charge in [-0.3, -0.25) is 0 Å². The van der Waals surface area contributed by atoms with Crippen molar-refractivity contribution in [1.82, 2.24) is 0 Å². The van der Waals surface area contributed by atoms with Gasteiger partial charge in [-0.05, 0) is 31.2 Å². The van der Waals surface area contributed by atoms with Gasteiger partial charge in [-0.15, -0.1) is 0 Å². The number of halogens is 1. The van der Waals surface area contributed by atoms with Crippen molar-refractivity contribution in [2.24, 2.45) is 10.2 Å². The second kappa shape index (κ2) is 6.61. The standard InChI is InChI=1S/C11H10ClN3O2/c1-2-17-11(16)10(7-13)15-14-9-5-3-8(12)4-6-9/h3-6,10H,2H2,1H3. The third kappa shape index (κ3) is 4.21. The van der Waals surface area contributed by atoms with Crippen LogP contribution in [0.2, 0.25) is 5.02 Å². The number of nitrogens with zero attached hydrogens (tertiary/aromatic N) is 3. The smallest absolute Gasteiger partial charge is 0.347 e. The second-order valence-corrected chi connectivity index (χ2v) is 3.41. The number of nitriles is 1. The van der Waals surface area contributed by atoms with Crippen molar-refractivity contribution in [3.05, 3.63) is 29.3 Å². The molecule has 0 saturated heterocycles. The predicted molar refractivity (Wildman–Crippen MR) is 62.0 cm³/mol.